The second-order valence-electron chi connectivity index (χ2n) is 4.78. The number of halogens is 6. The second kappa shape index (κ2) is 4.07. The zero-order valence-electron chi connectivity index (χ0n) is 9.94. The van der Waals surface area contributed by atoms with Crippen molar-refractivity contribution in [2.75, 3.05) is 0 Å². The van der Waals surface area contributed by atoms with Gasteiger partial charge in [0.15, 0.2) is 5.82 Å². The molecule has 0 amide bonds. The summed E-state index contributed by atoms with van der Waals surface area (Å²) >= 11 is 5.61. The molecule has 0 unspecified atom stereocenters. The van der Waals surface area contributed by atoms with Gasteiger partial charge in [-0.1, -0.05) is 0 Å². The third-order valence-corrected chi connectivity index (χ3v) is 3.79. The molecule has 0 radical (unpaired) electrons. The number of benzene rings is 1. The van der Waals surface area contributed by atoms with Crippen LogP contribution in [0, 0.1) is 11.6 Å². The zero-order valence-corrected chi connectivity index (χ0v) is 10.7. The van der Waals surface area contributed by atoms with E-state index in [9.17, 15) is 22.0 Å². The summed E-state index contributed by atoms with van der Waals surface area (Å²) in [7, 11) is 0. The van der Waals surface area contributed by atoms with Crippen LogP contribution < -0.4 is 0 Å². The van der Waals surface area contributed by atoms with E-state index in [1.165, 1.54) is 0 Å². The molecule has 108 valence electrons. The Morgan fingerprint density at radius 2 is 1.90 bits per heavy atom. The van der Waals surface area contributed by atoms with E-state index in [2.05, 4.69) is 4.98 Å². The number of hydrogen-bond donors (Lipinski definition) is 0. The third kappa shape index (κ3) is 1.72. The number of rotatable bonds is 2. The molecular formula is C12H8ClF5N2. The summed E-state index contributed by atoms with van der Waals surface area (Å²) in [5.74, 6) is -2.37. The summed E-state index contributed by atoms with van der Waals surface area (Å²) in [5, 5.41) is 0. The highest BCUT2D eigenvalue weighted by atomic mass is 35.5. The van der Waals surface area contributed by atoms with Crippen molar-refractivity contribution in [2.24, 2.45) is 0 Å². The van der Waals surface area contributed by atoms with E-state index in [1.807, 2.05) is 0 Å². The molecule has 1 fully saturated rings. The van der Waals surface area contributed by atoms with E-state index in [1.54, 1.807) is 0 Å². The van der Waals surface area contributed by atoms with Gasteiger partial charge in [0.05, 0.1) is 11.4 Å². The average Bonchev–Trinajstić information content (AvgIpc) is 3.05. The molecule has 3 rings (SSSR count). The fraction of sp³-hybridized carbons (Fsp3) is 0.417. The molecule has 1 heterocycles. The minimum Gasteiger partial charge on any atom is -0.311 e. The van der Waals surface area contributed by atoms with Crippen LogP contribution >= 0.6 is 11.6 Å². The third-order valence-electron chi connectivity index (χ3n) is 3.55. The lowest BCUT2D eigenvalue weighted by Gasteiger charge is -2.23. The van der Waals surface area contributed by atoms with Crippen LogP contribution in [0.25, 0.3) is 11.0 Å². The summed E-state index contributed by atoms with van der Waals surface area (Å²) in [4.78, 5) is 3.78. The zero-order chi connectivity index (χ0) is 14.7. The van der Waals surface area contributed by atoms with E-state index in [4.69, 9.17) is 11.6 Å². The molecule has 2 aromatic rings. The van der Waals surface area contributed by atoms with Gasteiger partial charge in [-0.15, -0.1) is 11.6 Å². The fourth-order valence-electron chi connectivity index (χ4n) is 2.47. The molecule has 8 heteroatoms. The lowest BCUT2D eigenvalue weighted by molar-refractivity contribution is -0.179. The Morgan fingerprint density at radius 1 is 1.25 bits per heavy atom. The van der Waals surface area contributed by atoms with Crippen LogP contribution in [-0.2, 0) is 11.4 Å². The first-order valence-corrected chi connectivity index (χ1v) is 6.33. The SMILES string of the molecule is Fc1cc(F)c2nc(CCl)n(C3(C(F)(F)F)CC3)c2c1. The van der Waals surface area contributed by atoms with E-state index in [0.717, 1.165) is 10.6 Å². The first-order valence-electron chi connectivity index (χ1n) is 5.80. The van der Waals surface area contributed by atoms with Crippen molar-refractivity contribution in [3.05, 3.63) is 29.6 Å². The Balaban J connectivity index is 2.35. The first-order chi connectivity index (χ1) is 9.30. The molecule has 1 saturated carbocycles. The van der Waals surface area contributed by atoms with Gasteiger partial charge >= 0.3 is 6.18 Å². The largest absolute Gasteiger partial charge is 0.412 e. The first kappa shape index (κ1) is 13.6. The summed E-state index contributed by atoms with van der Waals surface area (Å²) < 4.78 is 67.5. The highest BCUT2D eigenvalue weighted by Crippen LogP contribution is 2.57. The molecule has 2 nitrogen and oxygen atoms in total. The van der Waals surface area contributed by atoms with Crippen LogP contribution in [-0.4, -0.2) is 15.7 Å². The summed E-state index contributed by atoms with van der Waals surface area (Å²) in [5.41, 5.74) is -2.66. The van der Waals surface area contributed by atoms with Crippen molar-refractivity contribution < 1.29 is 22.0 Å². The molecule has 1 aromatic carbocycles. The van der Waals surface area contributed by atoms with Crippen LogP contribution in [0.5, 0.6) is 0 Å². The van der Waals surface area contributed by atoms with Gasteiger partial charge in [0.1, 0.15) is 22.7 Å². The Bertz CT molecular complexity index is 687. The number of imidazole rings is 1. The molecule has 20 heavy (non-hydrogen) atoms. The maximum absolute atomic E-state index is 13.6. The summed E-state index contributed by atoms with van der Waals surface area (Å²) in [6.07, 6.45) is -4.82. The number of aromatic nitrogens is 2. The van der Waals surface area contributed by atoms with Crippen molar-refractivity contribution in [1.29, 1.82) is 0 Å². The van der Waals surface area contributed by atoms with Gasteiger partial charge in [-0.05, 0) is 12.8 Å². The van der Waals surface area contributed by atoms with Gasteiger partial charge in [-0.2, -0.15) is 13.2 Å². The number of nitrogens with zero attached hydrogens (tertiary/aromatic N) is 2. The maximum Gasteiger partial charge on any atom is 0.412 e. The molecule has 1 aromatic heterocycles. The van der Waals surface area contributed by atoms with Gasteiger partial charge < -0.3 is 4.57 Å². The van der Waals surface area contributed by atoms with Crippen LogP contribution in [0.3, 0.4) is 0 Å². The Hall–Kier alpha value is -1.37. The molecule has 1 aliphatic carbocycles. The van der Waals surface area contributed by atoms with E-state index in [-0.39, 0.29) is 35.6 Å². The highest BCUT2D eigenvalue weighted by Gasteiger charge is 2.65. The van der Waals surface area contributed by atoms with Gasteiger partial charge in [-0.25, -0.2) is 13.8 Å². The average molecular weight is 311 g/mol. The summed E-state index contributed by atoms with van der Waals surface area (Å²) in [6, 6.07) is 1.44. The van der Waals surface area contributed by atoms with Crippen molar-refractivity contribution in [2.45, 2.75) is 30.4 Å². The topological polar surface area (TPSA) is 17.8 Å². The lowest BCUT2D eigenvalue weighted by Crippen LogP contribution is -2.35. The van der Waals surface area contributed by atoms with Crippen LogP contribution in [0.1, 0.15) is 18.7 Å². The van der Waals surface area contributed by atoms with Gasteiger partial charge in [0, 0.05) is 12.1 Å². The van der Waals surface area contributed by atoms with Gasteiger partial charge in [0.2, 0.25) is 0 Å². The number of hydrogen-bond acceptors (Lipinski definition) is 1. The van der Waals surface area contributed by atoms with Crippen molar-refractivity contribution in [3.8, 4) is 0 Å². The minimum atomic E-state index is -4.52. The Labute approximate surface area is 115 Å². The summed E-state index contributed by atoms with van der Waals surface area (Å²) in [6.45, 7) is 0. The minimum absolute atomic E-state index is 0.110. The van der Waals surface area contributed by atoms with Crippen molar-refractivity contribution >= 4 is 22.6 Å². The van der Waals surface area contributed by atoms with Crippen LogP contribution in [0.4, 0.5) is 22.0 Å². The molecule has 0 bridgehead atoms. The predicted octanol–water partition coefficient (Wildman–Crippen LogP) is 4.10. The lowest BCUT2D eigenvalue weighted by atomic mass is 10.2. The van der Waals surface area contributed by atoms with Crippen molar-refractivity contribution in [1.82, 2.24) is 9.55 Å². The Kier molecular flexibility index (Phi) is 2.77. The molecule has 0 spiro atoms. The molecule has 0 saturated heterocycles. The molecule has 0 atom stereocenters. The monoisotopic (exact) mass is 310 g/mol. The fourth-order valence-corrected chi connectivity index (χ4v) is 2.65. The van der Waals surface area contributed by atoms with Gasteiger partial charge in [-0.3, -0.25) is 0 Å². The van der Waals surface area contributed by atoms with E-state index in [0.29, 0.717) is 6.07 Å². The van der Waals surface area contributed by atoms with E-state index >= 15 is 0 Å². The number of fused-ring (bicyclic) bond motifs is 1. The smallest absolute Gasteiger partial charge is 0.311 e. The second-order valence-corrected chi connectivity index (χ2v) is 5.05. The maximum atomic E-state index is 13.6. The molecule has 0 aliphatic heterocycles. The highest BCUT2D eigenvalue weighted by molar-refractivity contribution is 6.16. The standard InChI is InChI=1S/C12H8ClF5N2/c13-5-9-19-10-7(15)3-6(14)4-8(10)20(9)11(1-2-11)12(16,17)18/h3-4H,1-2,5H2. The van der Waals surface area contributed by atoms with Crippen molar-refractivity contribution in [3.63, 3.8) is 0 Å². The Morgan fingerprint density at radius 3 is 2.40 bits per heavy atom. The van der Waals surface area contributed by atoms with Gasteiger partial charge in [0.25, 0.3) is 0 Å². The normalized spacial score (nSPS) is 17.7. The molecular weight excluding hydrogens is 303 g/mol. The molecule has 0 N–H and O–H groups in total. The van der Waals surface area contributed by atoms with Crippen LogP contribution in [0.15, 0.2) is 12.1 Å². The van der Waals surface area contributed by atoms with E-state index < -0.39 is 23.3 Å². The quantitative estimate of drug-likeness (QED) is 0.603. The predicted molar refractivity (Wildman–Crippen MR) is 62.5 cm³/mol. The number of alkyl halides is 4. The molecule has 1 aliphatic rings. The van der Waals surface area contributed by atoms with Crippen LogP contribution in [0.2, 0.25) is 0 Å².